The Hall–Kier alpha value is -3.20. The number of carbonyl (C=O) groups excluding carboxylic acids is 2. The first kappa shape index (κ1) is 23.5. The van der Waals surface area contributed by atoms with Gasteiger partial charge in [-0.3, -0.25) is 9.59 Å². The SMILES string of the molecule is O=C1CC(c2ccsc2)(c2cccc(Oc3cccc(F)c3)n2)NC(=O)C1Sc1ccccc1Cl. The van der Waals surface area contributed by atoms with E-state index in [9.17, 15) is 14.0 Å². The zero-order valence-electron chi connectivity index (χ0n) is 18.1. The Morgan fingerprint density at radius 1 is 1.09 bits per heavy atom. The van der Waals surface area contributed by atoms with Gasteiger partial charge in [-0.25, -0.2) is 9.37 Å². The highest BCUT2D eigenvalue weighted by Gasteiger charge is 2.48. The number of nitrogens with one attached hydrogen (secondary N) is 1. The van der Waals surface area contributed by atoms with Gasteiger partial charge in [0, 0.05) is 23.4 Å². The van der Waals surface area contributed by atoms with Crippen molar-refractivity contribution in [3.8, 4) is 11.6 Å². The number of ketones is 1. The Labute approximate surface area is 214 Å². The maximum atomic E-state index is 13.6. The number of rotatable bonds is 6. The molecule has 3 heterocycles. The number of Topliss-reactive ketones (excluding diaryl/α,β-unsaturated/α-hetero) is 1. The van der Waals surface area contributed by atoms with Crippen molar-refractivity contribution in [3.05, 3.63) is 106 Å². The highest BCUT2D eigenvalue weighted by Crippen LogP contribution is 2.41. The van der Waals surface area contributed by atoms with E-state index in [1.807, 2.05) is 22.9 Å². The van der Waals surface area contributed by atoms with Crippen molar-refractivity contribution in [2.75, 3.05) is 0 Å². The van der Waals surface area contributed by atoms with E-state index in [-0.39, 0.29) is 18.1 Å². The average Bonchev–Trinajstić information content (AvgIpc) is 3.38. The Bertz CT molecular complexity index is 1380. The number of aromatic nitrogens is 1. The molecule has 0 spiro atoms. The maximum absolute atomic E-state index is 13.6. The van der Waals surface area contributed by atoms with Crippen LogP contribution in [-0.4, -0.2) is 21.9 Å². The number of carbonyl (C=O) groups is 2. The molecule has 0 saturated carbocycles. The van der Waals surface area contributed by atoms with Gasteiger partial charge in [-0.1, -0.05) is 35.9 Å². The summed E-state index contributed by atoms with van der Waals surface area (Å²) in [5, 5.41) is 6.39. The molecule has 2 atom stereocenters. The van der Waals surface area contributed by atoms with Crippen molar-refractivity contribution in [1.29, 1.82) is 0 Å². The highest BCUT2D eigenvalue weighted by atomic mass is 35.5. The molecule has 1 aliphatic heterocycles. The maximum Gasteiger partial charge on any atom is 0.242 e. The molecule has 1 fully saturated rings. The summed E-state index contributed by atoms with van der Waals surface area (Å²) in [5.74, 6) is -0.574. The van der Waals surface area contributed by atoms with Crippen molar-refractivity contribution in [2.45, 2.75) is 22.1 Å². The van der Waals surface area contributed by atoms with Gasteiger partial charge in [-0.2, -0.15) is 11.3 Å². The molecular formula is C26H18ClFN2O3S2. The number of ether oxygens (including phenoxy) is 1. The van der Waals surface area contributed by atoms with E-state index in [0.29, 0.717) is 21.4 Å². The van der Waals surface area contributed by atoms with E-state index in [0.717, 1.165) is 17.3 Å². The molecule has 1 amide bonds. The molecule has 2 unspecified atom stereocenters. The lowest BCUT2D eigenvalue weighted by molar-refractivity contribution is -0.133. The average molecular weight is 525 g/mol. The second kappa shape index (κ2) is 9.81. The second-order valence-corrected chi connectivity index (χ2v) is 10.2. The fourth-order valence-corrected chi connectivity index (χ4v) is 5.92. The number of nitrogens with zero attached hydrogens (tertiary/aromatic N) is 1. The zero-order valence-corrected chi connectivity index (χ0v) is 20.5. The Morgan fingerprint density at radius 2 is 1.91 bits per heavy atom. The molecule has 2 aromatic heterocycles. The number of halogens is 2. The molecule has 9 heteroatoms. The van der Waals surface area contributed by atoms with E-state index in [1.54, 1.807) is 42.5 Å². The van der Waals surface area contributed by atoms with Gasteiger partial charge in [0.25, 0.3) is 0 Å². The van der Waals surface area contributed by atoms with E-state index in [1.165, 1.54) is 29.5 Å². The predicted molar refractivity (Wildman–Crippen MR) is 135 cm³/mol. The van der Waals surface area contributed by atoms with Gasteiger partial charge >= 0.3 is 0 Å². The van der Waals surface area contributed by atoms with E-state index >= 15 is 0 Å². The van der Waals surface area contributed by atoms with Gasteiger partial charge in [0.2, 0.25) is 11.8 Å². The summed E-state index contributed by atoms with van der Waals surface area (Å²) < 4.78 is 19.4. The monoisotopic (exact) mass is 524 g/mol. The quantitative estimate of drug-likeness (QED) is 0.303. The van der Waals surface area contributed by atoms with Gasteiger partial charge in [-0.05, 0) is 52.7 Å². The van der Waals surface area contributed by atoms with Crippen LogP contribution in [0, 0.1) is 5.82 Å². The molecular weight excluding hydrogens is 507 g/mol. The highest BCUT2D eigenvalue weighted by molar-refractivity contribution is 8.01. The van der Waals surface area contributed by atoms with Gasteiger partial charge < -0.3 is 10.1 Å². The van der Waals surface area contributed by atoms with Gasteiger partial charge in [0.1, 0.15) is 22.4 Å². The fraction of sp³-hybridized carbons (Fsp3) is 0.115. The molecule has 0 bridgehead atoms. The summed E-state index contributed by atoms with van der Waals surface area (Å²) in [6.07, 6.45) is 0.00795. The van der Waals surface area contributed by atoms with E-state index in [4.69, 9.17) is 16.3 Å². The van der Waals surface area contributed by atoms with Crippen LogP contribution in [0.25, 0.3) is 0 Å². The molecule has 0 aliphatic carbocycles. The number of benzene rings is 2. The normalized spacial score (nSPS) is 19.9. The van der Waals surface area contributed by atoms with Crippen LogP contribution < -0.4 is 10.1 Å². The first-order valence-electron chi connectivity index (χ1n) is 10.6. The zero-order chi connectivity index (χ0) is 24.4. The molecule has 2 aromatic carbocycles. The summed E-state index contributed by atoms with van der Waals surface area (Å²) in [6.45, 7) is 0. The molecule has 35 heavy (non-hydrogen) atoms. The minimum atomic E-state index is -1.16. The predicted octanol–water partition coefficient (Wildman–Crippen LogP) is 6.22. The Kier molecular flexibility index (Phi) is 6.60. The second-order valence-electron chi connectivity index (χ2n) is 7.90. The number of hydrogen-bond donors (Lipinski definition) is 1. The third-order valence-electron chi connectivity index (χ3n) is 5.58. The summed E-state index contributed by atoms with van der Waals surface area (Å²) in [6, 6.07) is 19.8. The molecule has 5 rings (SSSR count). The number of thioether (sulfide) groups is 1. The molecule has 0 radical (unpaired) electrons. The van der Waals surface area contributed by atoms with Crippen molar-refractivity contribution in [2.24, 2.45) is 0 Å². The van der Waals surface area contributed by atoms with Crippen molar-refractivity contribution >= 4 is 46.4 Å². The number of hydrogen-bond acceptors (Lipinski definition) is 6. The van der Waals surface area contributed by atoms with Crippen LogP contribution in [0.2, 0.25) is 5.02 Å². The Morgan fingerprint density at radius 3 is 2.66 bits per heavy atom. The summed E-state index contributed by atoms with van der Waals surface area (Å²) in [4.78, 5) is 32.0. The summed E-state index contributed by atoms with van der Waals surface area (Å²) in [7, 11) is 0. The van der Waals surface area contributed by atoms with Crippen LogP contribution in [-0.2, 0) is 15.1 Å². The third-order valence-corrected chi connectivity index (χ3v) is 8.03. The van der Waals surface area contributed by atoms with Crippen molar-refractivity contribution in [3.63, 3.8) is 0 Å². The van der Waals surface area contributed by atoms with Crippen LogP contribution in [0.3, 0.4) is 0 Å². The number of pyridine rings is 1. The Balaban J connectivity index is 1.49. The largest absolute Gasteiger partial charge is 0.439 e. The third kappa shape index (κ3) is 4.82. The lowest BCUT2D eigenvalue weighted by atomic mass is 9.79. The first-order chi connectivity index (χ1) is 16.9. The van der Waals surface area contributed by atoms with Crippen LogP contribution >= 0.6 is 34.7 Å². The van der Waals surface area contributed by atoms with Crippen molar-refractivity contribution in [1.82, 2.24) is 10.3 Å². The molecule has 5 nitrogen and oxygen atoms in total. The lowest BCUT2D eigenvalue weighted by Gasteiger charge is -2.39. The topological polar surface area (TPSA) is 68.3 Å². The number of thiophene rings is 1. The standard InChI is InChI=1S/C26H18ClFN2O3S2/c27-19-7-1-2-8-21(19)35-24-20(31)14-26(30-25(24)32,16-11-12-34-15-16)22-9-4-10-23(29-22)33-18-6-3-5-17(28)13-18/h1-13,15,24H,14H2,(H,30,32). The van der Waals surface area contributed by atoms with Crippen LogP contribution in [0.4, 0.5) is 4.39 Å². The van der Waals surface area contributed by atoms with Crippen LogP contribution in [0.1, 0.15) is 17.7 Å². The molecule has 1 N–H and O–H groups in total. The van der Waals surface area contributed by atoms with Crippen LogP contribution in [0.15, 0.2) is 88.5 Å². The smallest absolute Gasteiger partial charge is 0.242 e. The fourth-order valence-electron chi connectivity index (χ4n) is 3.95. The minimum Gasteiger partial charge on any atom is -0.439 e. The summed E-state index contributed by atoms with van der Waals surface area (Å²) >= 11 is 8.85. The number of piperidine rings is 1. The summed E-state index contributed by atoms with van der Waals surface area (Å²) in [5.41, 5.74) is 0.0426. The van der Waals surface area contributed by atoms with Gasteiger partial charge in [0.15, 0.2) is 5.78 Å². The number of amides is 1. The minimum absolute atomic E-state index is 0.00795. The van der Waals surface area contributed by atoms with E-state index in [2.05, 4.69) is 10.3 Å². The van der Waals surface area contributed by atoms with Crippen LogP contribution in [0.5, 0.6) is 11.6 Å². The molecule has 1 aliphatic rings. The first-order valence-corrected chi connectivity index (χ1v) is 12.8. The molecule has 1 saturated heterocycles. The lowest BCUT2D eigenvalue weighted by Crippen LogP contribution is -2.58. The van der Waals surface area contributed by atoms with Gasteiger partial charge in [0.05, 0.1) is 10.7 Å². The van der Waals surface area contributed by atoms with Crippen molar-refractivity contribution < 1.29 is 18.7 Å². The van der Waals surface area contributed by atoms with Gasteiger partial charge in [-0.15, -0.1) is 11.8 Å². The van der Waals surface area contributed by atoms with E-state index < -0.39 is 22.5 Å². The molecule has 4 aromatic rings. The molecule has 176 valence electrons.